The average molecular weight is 510 g/mol. The second-order valence-electron chi connectivity index (χ2n) is 5.79. The van der Waals surface area contributed by atoms with Gasteiger partial charge in [-0.25, -0.2) is 5.01 Å². The van der Waals surface area contributed by atoms with E-state index in [9.17, 15) is 4.79 Å². The van der Waals surface area contributed by atoms with Gasteiger partial charge in [0, 0.05) is 10.8 Å². The van der Waals surface area contributed by atoms with E-state index in [0.717, 1.165) is 25.1 Å². The number of ether oxygens (including phenoxy) is 1. The Bertz CT molecular complexity index is 1080. The molecule has 27 heavy (non-hydrogen) atoms. The summed E-state index contributed by atoms with van der Waals surface area (Å²) in [6, 6.07) is 11.5. The maximum Gasteiger partial charge on any atom is 0.276 e. The fraction of sp³-hybridized carbons (Fsp3) is 0.167. The van der Waals surface area contributed by atoms with Crippen molar-refractivity contribution in [2.75, 3.05) is 13.4 Å². The third kappa shape index (κ3) is 3.17. The van der Waals surface area contributed by atoms with Crippen LogP contribution in [0.2, 0.25) is 0 Å². The Morgan fingerprint density at radius 3 is 2.59 bits per heavy atom. The summed E-state index contributed by atoms with van der Waals surface area (Å²) in [4.78, 5) is 17.7. The van der Waals surface area contributed by atoms with Crippen molar-refractivity contribution in [3.05, 3.63) is 61.5 Å². The van der Waals surface area contributed by atoms with Crippen molar-refractivity contribution in [1.29, 1.82) is 0 Å². The van der Waals surface area contributed by atoms with Crippen molar-refractivity contribution in [2.24, 2.45) is 10.1 Å². The Labute approximate surface area is 176 Å². The van der Waals surface area contributed by atoms with E-state index in [1.54, 1.807) is 12.1 Å². The van der Waals surface area contributed by atoms with Gasteiger partial charge < -0.3 is 4.74 Å². The summed E-state index contributed by atoms with van der Waals surface area (Å²) in [5.41, 5.74) is 1.37. The first-order valence-electron chi connectivity index (χ1n) is 7.96. The Balaban J connectivity index is 1.97. The first-order chi connectivity index (χ1) is 13.0. The van der Waals surface area contributed by atoms with Crippen LogP contribution in [0, 0.1) is 0 Å². The molecule has 0 fully saturated rings. The summed E-state index contributed by atoms with van der Waals surface area (Å²) < 4.78 is 6.98. The van der Waals surface area contributed by atoms with Gasteiger partial charge in [0.25, 0.3) is 5.91 Å². The summed E-state index contributed by atoms with van der Waals surface area (Å²) in [6.45, 7) is 0. The number of hydrogen-bond donors (Lipinski definition) is 1. The molecule has 1 N–H and O–H groups in total. The van der Waals surface area contributed by atoms with Gasteiger partial charge in [0.15, 0.2) is 11.3 Å². The lowest BCUT2D eigenvalue weighted by molar-refractivity contribution is -0.116. The molecular formula is C18H14Br2N4O2S. The van der Waals surface area contributed by atoms with Gasteiger partial charge in [-0.15, -0.1) is 5.10 Å². The predicted octanol–water partition coefficient (Wildman–Crippen LogP) is 2.73. The van der Waals surface area contributed by atoms with Gasteiger partial charge in [-0.2, -0.15) is 0 Å². The van der Waals surface area contributed by atoms with Gasteiger partial charge in [0.05, 0.1) is 21.4 Å². The number of para-hydroxylation sites is 1. The first kappa shape index (κ1) is 18.5. The van der Waals surface area contributed by atoms with Crippen molar-refractivity contribution >= 4 is 60.4 Å². The molecule has 0 spiro atoms. The van der Waals surface area contributed by atoms with Gasteiger partial charge in [-0.05, 0) is 56.3 Å². The zero-order valence-corrected chi connectivity index (χ0v) is 18.4. The van der Waals surface area contributed by atoms with E-state index < -0.39 is 6.17 Å². The SMILES string of the molecule is COc1c(Br)cc(C2N=c3ccccc3=C3C(=O)NC(SC)=NN32)cc1Br. The molecule has 2 aromatic carbocycles. The number of rotatable bonds is 2. The lowest BCUT2D eigenvalue weighted by Gasteiger charge is -2.34. The largest absolute Gasteiger partial charge is 0.494 e. The van der Waals surface area contributed by atoms with Crippen LogP contribution in [-0.2, 0) is 4.79 Å². The van der Waals surface area contributed by atoms with Crippen LogP contribution in [0.15, 0.2) is 55.4 Å². The van der Waals surface area contributed by atoms with Gasteiger partial charge in [0.2, 0.25) is 0 Å². The van der Waals surface area contributed by atoms with Crippen LogP contribution in [-0.4, -0.2) is 29.4 Å². The molecule has 2 aromatic rings. The number of thioether (sulfide) groups is 1. The molecule has 0 aromatic heterocycles. The Kier molecular flexibility index (Phi) is 5.00. The summed E-state index contributed by atoms with van der Waals surface area (Å²) in [5, 5.41) is 11.2. The highest BCUT2D eigenvalue weighted by Gasteiger charge is 2.34. The smallest absolute Gasteiger partial charge is 0.276 e. The topological polar surface area (TPSA) is 66.3 Å². The highest BCUT2D eigenvalue weighted by molar-refractivity contribution is 9.11. The number of carbonyl (C=O) groups is 1. The summed E-state index contributed by atoms with van der Waals surface area (Å²) >= 11 is 8.46. The molecule has 138 valence electrons. The molecular weight excluding hydrogens is 496 g/mol. The van der Waals surface area contributed by atoms with E-state index in [1.807, 2.05) is 42.7 Å². The molecule has 6 nitrogen and oxygen atoms in total. The van der Waals surface area contributed by atoms with E-state index in [0.29, 0.717) is 16.6 Å². The van der Waals surface area contributed by atoms with Crippen LogP contribution >= 0.6 is 43.6 Å². The van der Waals surface area contributed by atoms with Crippen LogP contribution in [0.3, 0.4) is 0 Å². The molecule has 2 heterocycles. The van der Waals surface area contributed by atoms with Crippen LogP contribution in [0.4, 0.5) is 0 Å². The second kappa shape index (κ2) is 7.29. The normalized spacial score (nSPS) is 18.1. The van der Waals surface area contributed by atoms with Gasteiger partial charge in [-0.1, -0.05) is 30.0 Å². The Hall–Kier alpha value is -1.84. The molecule has 2 aliphatic rings. The minimum Gasteiger partial charge on any atom is -0.494 e. The molecule has 4 rings (SSSR count). The number of methoxy groups -OCH3 is 1. The highest BCUT2D eigenvalue weighted by atomic mass is 79.9. The van der Waals surface area contributed by atoms with Gasteiger partial charge >= 0.3 is 0 Å². The molecule has 0 saturated carbocycles. The second-order valence-corrected chi connectivity index (χ2v) is 8.30. The van der Waals surface area contributed by atoms with E-state index in [-0.39, 0.29) is 5.91 Å². The number of amidine groups is 1. The molecule has 1 unspecified atom stereocenters. The Morgan fingerprint density at radius 2 is 1.93 bits per heavy atom. The third-order valence-electron chi connectivity index (χ3n) is 4.23. The van der Waals surface area contributed by atoms with Crippen molar-refractivity contribution < 1.29 is 9.53 Å². The number of nitrogens with zero attached hydrogens (tertiary/aromatic N) is 3. The minimum absolute atomic E-state index is 0.187. The first-order valence-corrected chi connectivity index (χ1v) is 10.8. The lowest BCUT2D eigenvalue weighted by Crippen LogP contribution is -2.50. The third-order valence-corrected chi connectivity index (χ3v) is 5.98. The van der Waals surface area contributed by atoms with Crippen molar-refractivity contribution in [1.82, 2.24) is 10.3 Å². The van der Waals surface area contributed by atoms with Crippen LogP contribution in [0.25, 0.3) is 5.70 Å². The zero-order valence-electron chi connectivity index (χ0n) is 14.4. The van der Waals surface area contributed by atoms with Crippen LogP contribution in [0.5, 0.6) is 5.75 Å². The van der Waals surface area contributed by atoms with E-state index in [4.69, 9.17) is 9.73 Å². The summed E-state index contributed by atoms with van der Waals surface area (Å²) in [5.74, 6) is 0.511. The predicted molar refractivity (Wildman–Crippen MR) is 113 cm³/mol. The summed E-state index contributed by atoms with van der Waals surface area (Å²) in [6.07, 6.45) is 1.40. The Morgan fingerprint density at radius 1 is 1.22 bits per heavy atom. The number of amides is 1. The number of hydrogen-bond acceptors (Lipinski definition) is 6. The van der Waals surface area contributed by atoms with Crippen molar-refractivity contribution in [2.45, 2.75) is 6.17 Å². The summed E-state index contributed by atoms with van der Waals surface area (Å²) in [7, 11) is 1.61. The molecule has 0 bridgehead atoms. The maximum absolute atomic E-state index is 12.8. The highest BCUT2D eigenvalue weighted by Crippen LogP contribution is 2.39. The maximum atomic E-state index is 12.8. The van der Waals surface area contributed by atoms with Crippen LogP contribution in [0.1, 0.15) is 11.7 Å². The number of halogens is 2. The van der Waals surface area contributed by atoms with Gasteiger partial charge in [-0.3, -0.25) is 15.1 Å². The number of carbonyl (C=O) groups excluding carboxylic acids is 1. The quantitative estimate of drug-likeness (QED) is 0.676. The molecule has 1 amide bonds. The van der Waals surface area contributed by atoms with Crippen LogP contribution < -0.4 is 20.6 Å². The fourth-order valence-electron chi connectivity index (χ4n) is 3.06. The van der Waals surface area contributed by atoms with Crippen molar-refractivity contribution in [3.8, 4) is 5.75 Å². The zero-order chi connectivity index (χ0) is 19.1. The van der Waals surface area contributed by atoms with E-state index in [2.05, 4.69) is 42.3 Å². The molecule has 1 atom stereocenters. The van der Waals surface area contributed by atoms with E-state index in [1.165, 1.54) is 11.8 Å². The number of fused-ring (bicyclic) bond motifs is 2. The molecule has 9 heteroatoms. The van der Waals surface area contributed by atoms with Crippen molar-refractivity contribution in [3.63, 3.8) is 0 Å². The molecule has 0 radical (unpaired) electrons. The minimum atomic E-state index is -0.471. The lowest BCUT2D eigenvalue weighted by atomic mass is 10.1. The number of nitrogens with one attached hydrogen (secondary N) is 1. The fourth-order valence-corrected chi connectivity index (χ4v) is 4.97. The van der Waals surface area contributed by atoms with Gasteiger partial charge in [0.1, 0.15) is 11.4 Å². The number of hydrazone groups is 1. The average Bonchev–Trinajstić information content (AvgIpc) is 2.66. The number of benzene rings is 2. The molecule has 2 aliphatic heterocycles. The standard InChI is InChI=1S/C18H14Br2N4O2S/c1-26-15-11(19)7-9(8-12(15)20)16-21-13-6-4-3-5-10(13)14-17(25)22-18(27-2)23-24(14)16/h3-8,16H,1-2H3,(H,22,23,25). The molecule has 0 saturated heterocycles. The van der Waals surface area contributed by atoms with E-state index >= 15 is 0 Å². The molecule has 0 aliphatic carbocycles. The monoisotopic (exact) mass is 508 g/mol.